The smallest absolute Gasteiger partial charge is 0.475 e. The van der Waals surface area contributed by atoms with Crippen LogP contribution in [0.1, 0.15) is 30.8 Å². The van der Waals surface area contributed by atoms with Gasteiger partial charge in [-0.15, -0.1) is 0 Å². The lowest BCUT2D eigenvalue weighted by atomic mass is 10.1. The molecule has 33 heavy (non-hydrogen) atoms. The summed E-state index contributed by atoms with van der Waals surface area (Å²) in [6, 6.07) is 0. The van der Waals surface area contributed by atoms with Gasteiger partial charge in [0.25, 0.3) is 0 Å². The van der Waals surface area contributed by atoms with Gasteiger partial charge in [-0.05, 0) is 33.2 Å². The molecule has 0 spiro atoms. The van der Waals surface area contributed by atoms with Crippen LogP contribution in [0.15, 0.2) is 6.20 Å². The summed E-state index contributed by atoms with van der Waals surface area (Å²) < 4.78 is 74.8. The standard InChI is InChI=1S/C14H25N3O2.2C2HF3O2/c1-12-9-15-14(16-12)10-17(2)6-8-18-11-13-5-3-4-7-19-13;2*3-2(4,5)1(6)7/h9,13H,3-8,10-11H2,1-2H3,(H,15,16);2*(H,6,7). The highest BCUT2D eigenvalue weighted by atomic mass is 19.4. The van der Waals surface area contributed by atoms with Gasteiger partial charge < -0.3 is 24.7 Å². The number of hydrogen-bond acceptors (Lipinski definition) is 6. The minimum absolute atomic E-state index is 0.312. The molecule has 3 N–H and O–H groups in total. The molecule has 0 radical (unpaired) electrons. The number of halogens is 6. The van der Waals surface area contributed by atoms with Crippen molar-refractivity contribution in [2.24, 2.45) is 0 Å². The van der Waals surface area contributed by atoms with E-state index in [-0.39, 0.29) is 0 Å². The highest BCUT2D eigenvalue weighted by Crippen LogP contribution is 2.14. The van der Waals surface area contributed by atoms with Crippen molar-refractivity contribution in [1.82, 2.24) is 14.9 Å². The maximum atomic E-state index is 10.6. The van der Waals surface area contributed by atoms with E-state index in [2.05, 4.69) is 21.9 Å². The van der Waals surface area contributed by atoms with Crippen LogP contribution in [-0.2, 0) is 25.6 Å². The molecule has 1 unspecified atom stereocenters. The van der Waals surface area contributed by atoms with Gasteiger partial charge in [0.2, 0.25) is 0 Å². The number of hydrogen-bond donors (Lipinski definition) is 3. The van der Waals surface area contributed by atoms with E-state index in [9.17, 15) is 26.3 Å². The Morgan fingerprint density at radius 1 is 1.18 bits per heavy atom. The average Bonchev–Trinajstić information content (AvgIpc) is 3.10. The van der Waals surface area contributed by atoms with E-state index in [1.807, 2.05) is 13.1 Å². The second-order valence-electron chi connectivity index (χ2n) is 6.92. The lowest BCUT2D eigenvalue weighted by Crippen LogP contribution is -2.28. The van der Waals surface area contributed by atoms with E-state index in [4.69, 9.17) is 29.3 Å². The zero-order valence-corrected chi connectivity index (χ0v) is 18.0. The highest BCUT2D eigenvalue weighted by Gasteiger charge is 2.38. The number of carbonyl (C=O) groups is 2. The Morgan fingerprint density at radius 2 is 1.73 bits per heavy atom. The number of rotatable bonds is 7. The number of alkyl halides is 6. The van der Waals surface area contributed by atoms with Crippen LogP contribution in [-0.4, -0.2) is 88.9 Å². The average molecular weight is 495 g/mol. The molecule has 1 aliphatic rings. The molecule has 192 valence electrons. The number of carboxylic acid groups (broad SMARTS) is 2. The van der Waals surface area contributed by atoms with Crippen molar-refractivity contribution in [3.63, 3.8) is 0 Å². The summed E-state index contributed by atoms with van der Waals surface area (Å²) in [5.41, 5.74) is 1.11. The molecule has 1 aliphatic heterocycles. The molecule has 1 aromatic heterocycles. The zero-order chi connectivity index (χ0) is 25.7. The lowest BCUT2D eigenvalue weighted by Gasteiger charge is -2.23. The molecule has 1 fully saturated rings. The fourth-order valence-corrected chi connectivity index (χ4v) is 2.26. The van der Waals surface area contributed by atoms with E-state index >= 15 is 0 Å². The Labute approximate surface area is 185 Å². The van der Waals surface area contributed by atoms with E-state index in [0.717, 1.165) is 50.8 Å². The van der Waals surface area contributed by atoms with Crippen LogP contribution < -0.4 is 0 Å². The Kier molecular flexibility index (Phi) is 13.6. The number of H-pyrrole nitrogens is 1. The molecule has 2 heterocycles. The number of aryl methyl sites for hydroxylation is 1. The normalized spacial score (nSPS) is 16.3. The topological polar surface area (TPSA) is 125 Å². The van der Waals surface area contributed by atoms with Gasteiger partial charge >= 0.3 is 24.3 Å². The monoisotopic (exact) mass is 495 g/mol. The minimum atomic E-state index is -5.08. The van der Waals surface area contributed by atoms with Crippen molar-refractivity contribution in [2.75, 3.05) is 33.4 Å². The van der Waals surface area contributed by atoms with Gasteiger partial charge in [-0.25, -0.2) is 14.6 Å². The quantitative estimate of drug-likeness (QED) is 0.390. The first-order valence-electron chi connectivity index (χ1n) is 9.61. The van der Waals surface area contributed by atoms with Gasteiger partial charge in [0, 0.05) is 25.0 Å². The minimum Gasteiger partial charge on any atom is -0.475 e. The van der Waals surface area contributed by atoms with Crippen molar-refractivity contribution in [2.45, 2.75) is 51.2 Å². The first kappa shape index (κ1) is 30.6. The number of nitrogens with one attached hydrogen (secondary N) is 1. The van der Waals surface area contributed by atoms with Crippen LogP contribution >= 0.6 is 0 Å². The summed E-state index contributed by atoms with van der Waals surface area (Å²) in [6.07, 6.45) is -4.39. The number of ether oxygens (including phenoxy) is 2. The fourth-order valence-electron chi connectivity index (χ4n) is 2.26. The van der Waals surface area contributed by atoms with Crippen molar-refractivity contribution in [1.29, 1.82) is 0 Å². The second-order valence-corrected chi connectivity index (χ2v) is 6.92. The third kappa shape index (κ3) is 16.0. The lowest BCUT2D eigenvalue weighted by molar-refractivity contribution is -0.193. The Morgan fingerprint density at radius 3 is 2.12 bits per heavy atom. The Hall–Kier alpha value is -2.39. The number of aromatic nitrogens is 2. The SMILES string of the molecule is Cc1cnc(CN(C)CCOCC2CCCCO2)[nH]1.O=C(O)C(F)(F)F.O=C(O)C(F)(F)F. The maximum Gasteiger partial charge on any atom is 0.490 e. The molecule has 1 atom stereocenters. The number of carboxylic acids is 2. The Balaban J connectivity index is 0.000000605. The first-order valence-corrected chi connectivity index (χ1v) is 9.61. The van der Waals surface area contributed by atoms with Gasteiger partial charge in [0.1, 0.15) is 5.82 Å². The summed E-state index contributed by atoms with van der Waals surface area (Å²) >= 11 is 0. The number of imidazole rings is 1. The molecule has 0 aliphatic carbocycles. The molecule has 1 saturated heterocycles. The van der Waals surface area contributed by atoms with Crippen LogP contribution in [0, 0.1) is 6.92 Å². The molecule has 15 heteroatoms. The summed E-state index contributed by atoms with van der Waals surface area (Å²) in [5.74, 6) is -4.50. The van der Waals surface area contributed by atoms with Crippen LogP contribution in [0.5, 0.6) is 0 Å². The summed E-state index contributed by atoms with van der Waals surface area (Å²) in [4.78, 5) is 27.5. The number of likely N-dealkylation sites (N-methyl/N-ethyl adjacent to an activating group) is 1. The zero-order valence-electron chi connectivity index (χ0n) is 18.0. The highest BCUT2D eigenvalue weighted by molar-refractivity contribution is 5.73. The predicted molar refractivity (Wildman–Crippen MR) is 101 cm³/mol. The summed E-state index contributed by atoms with van der Waals surface area (Å²) in [6.45, 7) is 6.13. The van der Waals surface area contributed by atoms with Crippen molar-refractivity contribution >= 4 is 11.9 Å². The van der Waals surface area contributed by atoms with Gasteiger partial charge in [0.05, 0.1) is 25.9 Å². The van der Waals surface area contributed by atoms with Gasteiger partial charge in [-0.1, -0.05) is 0 Å². The fraction of sp³-hybridized carbons (Fsp3) is 0.722. The maximum absolute atomic E-state index is 10.6. The molecule has 0 amide bonds. The van der Waals surface area contributed by atoms with Crippen molar-refractivity contribution < 1.29 is 55.6 Å². The van der Waals surface area contributed by atoms with Gasteiger partial charge in [-0.2, -0.15) is 26.3 Å². The summed E-state index contributed by atoms with van der Waals surface area (Å²) in [7, 11) is 2.08. The van der Waals surface area contributed by atoms with Gasteiger partial charge in [0.15, 0.2) is 0 Å². The van der Waals surface area contributed by atoms with Crippen LogP contribution in [0.25, 0.3) is 0 Å². The van der Waals surface area contributed by atoms with E-state index in [0.29, 0.717) is 6.10 Å². The summed E-state index contributed by atoms with van der Waals surface area (Å²) in [5, 5.41) is 14.2. The molecule has 0 bridgehead atoms. The molecule has 9 nitrogen and oxygen atoms in total. The number of nitrogens with zero attached hydrogens (tertiary/aromatic N) is 2. The van der Waals surface area contributed by atoms with Gasteiger partial charge in [-0.3, -0.25) is 4.90 Å². The number of aliphatic carboxylic acids is 2. The third-order valence-electron chi connectivity index (χ3n) is 3.86. The molecular weight excluding hydrogens is 468 g/mol. The van der Waals surface area contributed by atoms with Crippen molar-refractivity contribution in [3.05, 3.63) is 17.7 Å². The van der Waals surface area contributed by atoms with Crippen LogP contribution in [0.3, 0.4) is 0 Å². The van der Waals surface area contributed by atoms with E-state index < -0.39 is 24.3 Å². The third-order valence-corrected chi connectivity index (χ3v) is 3.86. The largest absolute Gasteiger partial charge is 0.490 e. The van der Waals surface area contributed by atoms with Crippen LogP contribution in [0.2, 0.25) is 0 Å². The number of aromatic amines is 1. The predicted octanol–water partition coefficient (Wildman–Crippen LogP) is 3.00. The van der Waals surface area contributed by atoms with E-state index in [1.165, 1.54) is 12.8 Å². The Bertz CT molecular complexity index is 681. The molecular formula is C18H27F6N3O6. The molecule has 0 saturated carbocycles. The molecule has 0 aromatic carbocycles. The molecule has 1 aromatic rings. The van der Waals surface area contributed by atoms with E-state index in [1.54, 1.807) is 0 Å². The van der Waals surface area contributed by atoms with Crippen molar-refractivity contribution in [3.8, 4) is 0 Å². The first-order chi connectivity index (χ1) is 15.1. The second kappa shape index (κ2) is 14.7. The van der Waals surface area contributed by atoms with Crippen LogP contribution in [0.4, 0.5) is 26.3 Å². The molecule has 2 rings (SSSR count).